The average molecular weight is 224 g/mol. The first kappa shape index (κ1) is 12.0. The van der Waals surface area contributed by atoms with Crippen LogP contribution in [0.1, 0.15) is 15.9 Å². The predicted molar refractivity (Wildman–Crippen MR) is 52.5 cm³/mol. The first-order valence-electron chi connectivity index (χ1n) is 4.44. The maximum atomic E-state index is 10.8. The Morgan fingerprint density at radius 3 is 2.56 bits per heavy atom. The van der Waals surface area contributed by atoms with Gasteiger partial charge in [-0.25, -0.2) is 9.90 Å². The van der Waals surface area contributed by atoms with Crippen molar-refractivity contribution < 1.29 is 24.9 Å². The van der Waals surface area contributed by atoms with E-state index in [2.05, 4.69) is 5.32 Å². The van der Waals surface area contributed by atoms with Crippen LogP contribution >= 0.6 is 0 Å². The van der Waals surface area contributed by atoms with Crippen molar-refractivity contribution in [2.75, 3.05) is 6.61 Å². The second-order valence-electron chi connectivity index (χ2n) is 3.07. The van der Waals surface area contributed by atoms with Gasteiger partial charge >= 0.3 is 5.97 Å². The summed E-state index contributed by atoms with van der Waals surface area (Å²) in [6.07, 6.45) is 0. The van der Waals surface area contributed by atoms with E-state index in [1.807, 2.05) is 0 Å². The van der Waals surface area contributed by atoms with E-state index in [1.54, 1.807) is 0 Å². The first-order valence-corrected chi connectivity index (χ1v) is 4.44. The topological polar surface area (TPSA) is 107 Å². The summed E-state index contributed by atoms with van der Waals surface area (Å²) in [5, 5.41) is 30.4. The number of rotatable bonds is 4. The third kappa shape index (κ3) is 2.96. The van der Waals surface area contributed by atoms with Crippen molar-refractivity contribution in [3.63, 3.8) is 0 Å². The van der Waals surface area contributed by atoms with Crippen LogP contribution in [0.2, 0.25) is 0 Å². The fourth-order valence-corrected chi connectivity index (χ4v) is 1.16. The third-order valence-corrected chi connectivity index (χ3v) is 1.93. The Morgan fingerprint density at radius 1 is 1.31 bits per heavy atom. The number of carbonyl (C=O) groups excluding carboxylic acids is 1. The molecule has 0 saturated carbocycles. The number of nitrogens with one attached hydrogen (secondary N) is 1. The van der Waals surface area contributed by atoms with Gasteiger partial charge in [0.25, 0.3) is 0 Å². The summed E-state index contributed by atoms with van der Waals surface area (Å²) in [5.74, 6) is -2.08. The summed E-state index contributed by atoms with van der Waals surface area (Å²) in [5.41, 5.74) is 0.221. The summed E-state index contributed by atoms with van der Waals surface area (Å²) >= 11 is 0. The molecule has 0 fully saturated rings. The lowest BCUT2D eigenvalue weighted by molar-refractivity contribution is -0.125. The molecule has 1 radical (unpaired) electrons. The number of benzene rings is 1. The molecule has 1 aromatic carbocycles. The number of amides is 1. The minimum atomic E-state index is -1.21. The highest BCUT2D eigenvalue weighted by atomic mass is 16.4. The van der Waals surface area contributed by atoms with E-state index in [4.69, 9.17) is 10.2 Å². The summed E-state index contributed by atoms with van der Waals surface area (Å²) in [6.45, 7) is -0.955. The van der Waals surface area contributed by atoms with Crippen LogP contribution in [0.25, 0.3) is 0 Å². The molecule has 6 nitrogen and oxygen atoms in total. The molecule has 0 aliphatic heterocycles. The van der Waals surface area contributed by atoms with Gasteiger partial charge in [0.15, 0.2) is 6.61 Å². The van der Waals surface area contributed by atoms with Gasteiger partial charge in [0.2, 0.25) is 5.91 Å². The Hall–Kier alpha value is -2.08. The van der Waals surface area contributed by atoms with Crippen LogP contribution in [0.5, 0.6) is 5.75 Å². The highest BCUT2D eigenvalue weighted by Gasteiger charge is 2.11. The van der Waals surface area contributed by atoms with Crippen molar-refractivity contribution in [3.05, 3.63) is 29.3 Å². The minimum absolute atomic E-state index is 0.0526. The van der Waals surface area contributed by atoms with Gasteiger partial charge in [0.05, 0.1) is 5.56 Å². The van der Waals surface area contributed by atoms with E-state index in [1.165, 1.54) is 12.1 Å². The highest BCUT2D eigenvalue weighted by Crippen LogP contribution is 2.16. The molecule has 0 aliphatic rings. The maximum Gasteiger partial charge on any atom is 0.336 e. The van der Waals surface area contributed by atoms with Crippen LogP contribution in [0, 0.1) is 0 Å². The van der Waals surface area contributed by atoms with Crippen LogP contribution in [0.4, 0.5) is 0 Å². The van der Waals surface area contributed by atoms with E-state index in [-0.39, 0.29) is 17.9 Å². The van der Waals surface area contributed by atoms with E-state index in [9.17, 15) is 14.7 Å². The fraction of sp³-hybridized carbons (Fsp3) is 0.200. The largest absolute Gasteiger partial charge is 0.508 e. The summed E-state index contributed by atoms with van der Waals surface area (Å²) in [4.78, 5) is 21.5. The second-order valence-corrected chi connectivity index (χ2v) is 3.07. The molecule has 6 heteroatoms. The van der Waals surface area contributed by atoms with Crippen LogP contribution < -0.4 is 5.32 Å². The molecule has 0 bridgehead atoms. The molecule has 0 heterocycles. The van der Waals surface area contributed by atoms with Gasteiger partial charge in [-0.2, -0.15) is 0 Å². The number of hydrogen-bond acceptors (Lipinski definition) is 3. The zero-order valence-electron chi connectivity index (χ0n) is 8.27. The lowest BCUT2D eigenvalue weighted by atomic mass is 10.1. The molecule has 0 atom stereocenters. The Bertz CT molecular complexity index is 416. The van der Waals surface area contributed by atoms with Crippen molar-refractivity contribution in [3.8, 4) is 5.75 Å². The zero-order chi connectivity index (χ0) is 12.1. The number of carbonyl (C=O) groups is 2. The predicted octanol–water partition coefficient (Wildman–Crippen LogP) is 0.137. The molecular weight excluding hydrogens is 214 g/mol. The molecule has 0 spiro atoms. The highest BCUT2D eigenvalue weighted by molar-refractivity contribution is 5.90. The summed E-state index contributed by atoms with van der Waals surface area (Å²) in [7, 11) is 0. The summed E-state index contributed by atoms with van der Waals surface area (Å²) in [6, 6.07) is 3.77. The van der Waals surface area contributed by atoms with Gasteiger partial charge < -0.3 is 15.5 Å². The molecule has 0 aliphatic carbocycles. The van der Waals surface area contributed by atoms with Crippen molar-refractivity contribution in [2.45, 2.75) is 6.54 Å². The average Bonchev–Trinajstić information content (AvgIpc) is 2.26. The quantitative estimate of drug-likeness (QED) is 0.676. The molecule has 3 N–H and O–H groups in total. The van der Waals surface area contributed by atoms with Gasteiger partial charge in [-0.05, 0) is 17.7 Å². The monoisotopic (exact) mass is 224 g/mol. The molecular formula is C10H10NO5. The van der Waals surface area contributed by atoms with Gasteiger partial charge in [0, 0.05) is 6.54 Å². The molecule has 0 saturated heterocycles. The summed E-state index contributed by atoms with van der Waals surface area (Å²) < 4.78 is 0. The SMILES string of the molecule is [O]CC(=O)NCc1ccc(O)cc1C(=O)O. The number of phenols is 1. The molecule has 16 heavy (non-hydrogen) atoms. The molecule has 1 amide bonds. The normalized spacial score (nSPS) is 9.81. The van der Waals surface area contributed by atoms with Gasteiger partial charge in [0.1, 0.15) is 5.75 Å². The van der Waals surface area contributed by atoms with Gasteiger partial charge in [-0.1, -0.05) is 6.07 Å². The number of phenolic OH excluding ortho intramolecular Hbond substituents is 1. The van der Waals surface area contributed by atoms with Crippen LogP contribution in [-0.4, -0.2) is 28.7 Å². The Balaban J connectivity index is 2.87. The van der Waals surface area contributed by atoms with Crippen molar-refractivity contribution >= 4 is 11.9 Å². The number of aromatic hydroxyl groups is 1. The van der Waals surface area contributed by atoms with E-state index in [0.29, 0.717) is 5.56 Å². The molecule has 0 unspecified atom stereocenters. The van der Waals surface area contributed by atoms with E-state index >= 15 is 0 Å². The first-order chi connectivity index (χ1) is 7.54. The fourth-order valence-electron chi connectivity index (χ4n) is 1.16. The van der Waals surface area contributed by atoms with Gasteiger partial charge in [-0.3, -0.25) is 4.79 Å². The van der Waals surface area contributed by atoms with Crippen LogP contribution in [-0.2, 0) is 16.4 Å². The van der Waals surface area contributed by atoms with Gasteiger partial charge in [-0.15, -0.1) is 0 Å². The zero-order valence-corrected chi connectivity index (χ0v) is 8.27. The number of hydrogen-bond donors (Lipinski definition) is 3. The molecule has 0 aromatic heterocycles. The molecule has 1 aromatic rings. The Labute approximate surface area is 91.1 Å². The number of carboxylic acids is 1. The smallest absolute Gasteiger partial charge is 0.336 e. The Kier molecular flexibility index (Phi) is 3.84. The van der Waals surface area contributed by atoms with Crippen LogP contribution in [0.3, 0.4) is 0 Å². The van der Waals surface area contributed by atoms with E-state index < -0.39 is 18.5 Å². The molecule has 85 valence electrons. The van der Waals surface area contributed by atoms with Crippen molar-refractivity contribution in [2.24, 2.45) is 0 Å². The third-order valence-electron chi connectivity index (χ3n) is 1.93. The maximum absolute atomic E-state index is 10.8. The lowest BCUT2D eigenvalue weighted by Gasteiger charge is -2.07. The van der Waals surface area contributed by atoms with Crippen molar-refractivity contribution in [1.82, 2.24) is 5.32 Å². The number of carboxylic acid groups (broad SMARTS) is 1. The minimum Gasteiger partial charge on any atom is -0.508 e. The standard InChI is InChI=1S/C10H10NO5/c12-5-9(14)11-4-6-1-2-7(13)3-8(6)10(15)16/h1-3,13H,4-5H2,(H,11,14)(H,15,16). The Morgan fingerprint density at radius 2 is 2.00 bits per heavy atom. The van der Waals surface area contributed by atoms with E-state index in [0.717, 1.165) is 6.07 Å². The number of aromatic carboxylic acids is 1. The van der Waals surface area contributed by atoms with Crippen molar-refractivity contribution in [1.29, 1.82) is 0 Å². The molecule has 1 rings (SSSR count). The second kappa shape index (κ2) is 5.13. The lowest BCUT2D eigenvalue weighted by Crippen LogP contribution is -2.26. The van der Waals surface area contributed by atoms with Crippen LogP contribution in [0.15, 0.2) is 18.2 Å².